The number of halogens is 1. The summed E-state index contributed by atoms with van der Waals surface area (Å²) in [7, 11) is 0. The Balaban J connectivity index is 3.40. The number of benzene rings is 1. The van der Waals surface area contributed by atoms with Gasteiger partial charge < -0.3 is 10.8 Å². The van der Waals surface area contributed by atoms with Crippen LogP contribution in [0.15, 0.2) is 16.6 Å². The van der Waals surface area contributed by atoms with Crippen molar-refractivity contribution in [2.45, 2.75) is 0 Å². The van der Waals surface area contributed by atoms with E-state index in [9.17, 15) is 0 Å². The molecule has 3 N–H and O–H groups in total. The molecule has 0 aliphatic rings. The lowest BCUT2D eigenvalue weighted by atomic mass is 10.2. The summed E-state index contributed by atoms with van der Waals surface area (Å²) in [4.78, 5) is 0. The Morgan fingerprint density at radius 3 is 2.64 bits per heavy atom. The molecule has 3 nitrogen and oxygen atoms in total. The van der Waals surface area contributed by atoms with Crippen molar-refractivity contribution in [2.24, 2.45) is 0 Å². The predicted molar refractivity (Wildman–Crippen MR) is 44.9 cm³/mol. The normalized spacial score (nSPS) is 9.09. The smallest absolute Gasteiger partial charge is 0.118 e. The largest absolute Gasteiger partial charge is 0.508 e. The van der Waals surface area contributed by atoms with Gasteiger partial charge in [0.2, 0.25) is 0 Å². The van der Waals surface area contributed by atoms with Crippen molar-refractivity contribution >= 4 is 21.6 Å². The molecule has 0 unspecified atom stereocenters. The van der Waals surface area contributed by atoms with Crippen LogP contribution in [0.4, 0.5) is 5.69 Å². The first-order valence-electron chi connectivity index (χ1n) is 2.83. The minimum Gasteiger partial charge on any atom is -0.508 e. The number of nitrogen functional groups attached to an aromatic ring is 1. The number of rotatable bonds is 0. The zero-order chi connectivity index (χ0) is 8.43. The summed E-state index contributed by atoms with van der Waals surface area (Å²) in [5.41, 5.74) is 6.05. The Labute approximate surface area is 72.2 Å². The average molecular weight is 213 g/mol. The molecule has 0 aliphatic heterocycles. The Bertz CT molecular complexity index is 307. The van der Waals surface area contributed by atoms with Gasteiger partial charge in [-0.1, -0.05) is 0 Å². The lowest BCUT2D eigenvalue weighted by Gasteiger charge is -2.00. The molecule has 0 saturated carbocycles. The fraction of sp³-hybridized carbons (Fsp3) is 0. The van der Waals surface area contributed by atoms with Crippen LogP contribution < -0.4 is 5.73 Å². The molecule has 0 amide bonds. The molecule has 0 fully saturated rings. The number of phenols is 1. The van der Waals surface area contributed by atoms with Crippen molar-refractivity contribution < 1.29 is 5.11 Å². The highest BCUT2D eigenvalue weighted by molar-refractivity contribution is 9.10. The van der Waals surface area contributed by atoms with Gasteiger partial charge in [-0.05, 0) is 22.0 Å². The van der Waals surface area contributed by atoms with E-state index in [0.717, 1.165) is 0 Å². The van der Waals surface area contributed by atoms with Gasteiger partial charge in [0.1, 0.15) is 11.8 Å². The van der Waals surface area contributed by atoms with Crippen LogP contribution >= 0.6 is 15.9 Å². The predicted octanol–water partition coefficient (Wildman–Crippen LogP) is 1.61. The number of nitrogens with two attached hydrogens (primary N) is 1. The molecule has 4 heteroatoms. The molecular formula is C7H5BrN2O. The summed E-state index contributed by atoms with van der Waals surface area (Å²) in [5, 5.41) is 17.5. The van der Waals surface area contributed by atoms with Gasteiger partial charge >= 0.3 is 0 Å². The van der Waals surface area contributed by atoms with Gasteiger partial charge in [0.15, 0.2) is 0 Å². The Morgan fingerprint density at radius 1 is 1.55 bits per heavy atom. The van der Waals surface area contributed by atoms with Gasteiger partial charge in [-0.15, -0.1) is 0 Å². The van der Waals surface area contributed by atoms with Crippen LogP contribution in [0.2, 0.25) is 0 Å². The number of hydrogen-bond acceptors (Lipinski definition) is 3. The molecule has 0 aliphatic carbocycles. The van der Waals surface area contributed by atoms with Gasteiger partial charge in [-0.2, -0.15) is 5.26 Å². The average Bonchev–Trinajstić information content (AvgIpc) is 1.85. The van der Waals surface area contributed by atoms with Crippen molar-refractivity contribution in [1.29, 1.82) is 5.26 Å². The monoisotopic (exact) mass is 212 g/mol. The van der Waals surface area contributed by atoms with Crippen molar-refractivity contribution in [2.75, 3.05) is 5.73 Å². The molecule has 1 aromatic rings. The number of aromatic hydroxyl groups is 1. The van der Waals surface area contributed by atoms with E-state index in [-0.39, 0.29) is 11.4 Å². The second kappa shape index (κ2) is 2.81. The van der Waals surface area contributed by atoms with E-state index in [4.69, 9.17) is 16.1 Å². The minimum atomic E-state index is 0.0494. The topological polar surface area (TPSA) is 70.0 Å². The number of nitrogens with zero attached hydrogens (tertiary/aromatic N) is 1. The third-order valence-electron chi connectivity index (χ3n) is 1.22. The Kier molecular flexibility index (Phi) is 2.01. The lowest BCUT2D eigenvalue weighted by molar-refractivity contribution is 0.475. The molecule has 0 aromatic heterocycles. The quantitative estimate of drug-likeness (QED) is 0.643. The van der Waals surface area contributed by atoms with Crippen molar-refractivity contribution in [1.82, 2.24) is 0 Å². The Morgan fingerprint density at radius 2 is 2.18 bits per heavy atom. The highest BCUT2D eigenvalue weighted by Crippen LogP contribution is 2.26. The van der Waals surface area contributed by atoms with E-state index >= 15 is 0 Å². The molecule has 0 heterocycles. The third kappa shape index (κ3) is 1.44. The van der Waals surface area contributed by atoms with Crippen LogP contribution in [0, 0.1) is 11.3 Å². The van der Waals surface area contributed by atoms with Gasteiger partial charge in [-0.25, -0.2) is 0 Å². The zero-order valence-electron chi connectivity index (χ0n) is 5.50. The van der Waals surface area contributed by atoms with E-state index in [0.29, 0.717) is 10.0 Å². The molecule has 0 spiro atoms. The number of anilines is 1. The lowest BCUT2D eigenvalue weighted by Crippen LogP contribution is -1.90. The standard InChI is InChI=1S/C7H5BrN2O/c8-6-1-4(11)2-7(10)5(6)3-9/h1-2,11H,10H2. The summed E-state index contributed by atoms with van der Waals surface area (Å²) >= 11 is 3.10. The maximum Gasteiger partial charge on any atom is 0.118 e. The maximum atomic E-state index is 8.99. The zero-order valence-corrected chi connectivity index (χ0v) is 7.09. The van der Waals surface area contributed by atoms with Crippen LogP contribution in [-0.4, -0.2) is 5.11 Å². The summed E-state index contributed by atoms with van der Waals surface area (Å²) in [5.74, 6) is 0.0494. The fourth-order valence-corrected chi connectivity index (χ4v) is 1.28. The summed E-state index contributed by atoms with van der Waals surface area (Å²) in [6, 6.07) is 4.67. The van der Waals surface area contributed by atoms with E-state index in [2.05, 4.69) is 15.9 Å². The van der Waals surface area contributed by atoms with E-state index in [1.807, 2.05) is 6.07 Å². The molecule has 1 rings (SSSR count). The van der Waals surface area contributed by atoms with Crippen LogP contribution in [0.5, 0.6) is 5.75 Å². The van der Waals surface area contributed by atoms with Crippen LogP contribution in [0.3, 0.4) is 0 Å². The molecule has 0 bridgehead atoms. The third-order valence-corrected chi connectivity index (χ3v) is 1.84. The van der Waals surface area contributed by atoms with Gasteiger partial charge in [0.05, 0.1) is 11.3 Å². The SMILES string of the molecule is N#Cc1c(N)cc(O)cc1Br. The number of nitriles is 1. The van der Waals surface area contributed by atoms with Gasteiger partial charge in [-0.3, -0.25) is 0 Å². The number of phenolic OH excluding ortho intramolecular Hbond substituents is 1. The highest BCUT2D eigenvalue weighted by atomic mass is 79.9. The van der Waals surface area contributed by atoms with Gasteiger partial charge in [0, 0.05) is 10.5 Å². The summed E-state index contributed by atoms with van der Waals surface area (Å²) in [6.45, 7) is 0. The number of hydrogen-bond donors (Lipinski definition) is 2. The summed E-state index contributed by atoms with van der Waals surface area (Å²) < 4.78 is 0.512. The van der Waals surface area contributed by atoms with E-state index < -0.39 is 0 Å². The second-order valence-corrected chi connectivity index (χ2v) is 2.86. The van der Waals surface area contributed by atoms with E-state index in [1.54, 1.807) is 0 Å². The van der Waals surface area contributed by atoms with Crippen LogP contribution in [0.1, 0.15) is 5.56 Å². The first-order valence-corrected chi connectivity index (χ1v) is 3.62. The first-order chi connectivity index (χ1) is 5.15. The van der Waals surface area contributed by atoms with Gasteiger partial charge in [0.25, 0.3) is 0 Å². The Hall–Kier alpha value is -1.21. The molecule has 11 heavy (non-hydrogen) atoms. The molecular weight excluding hydrogens is 208 g/mol. The molecule has 1 aromatic carbocycles. The molecule has 0 atom stereocenters. The van der Waals surface area contributed by atoms with Crippen molar-refractivity contribution in [3.8, 4) is 11.8 Å². The molecule has 0 saturated heterocycles. The highest BCUT2D eigenvalue weighted by Gasteiger charge is 2.04. The fourth-order valence-electron chi connectivity index (χ4n) is 0.731. The van der Waals surface area contributed by atoms with Crippen LogP contribution in [-0.2, 0) is 0 Å². The van der Waals surface area contributed by atoms with E-state index in [1.165, 1.54) is 12.1 Å². The second-order valence-electron chi connectivity index (χ2n) is 2.00. The van der Waals surface area contributed by atoms with Crippen molar-refractivity contribution in [3.63, 3.8) is 0 Å². The maximum absolute atomic E-state index is 8.99. The van der Waals surface area contributed by atoms with Crippen LogP contribution in [0.25, 0.3) is 0 Å². The summed E-state index contributed by atoms with van der Waals surface area (Å²) in [6.07, 6.45) is 0. The minimum absolute atomic E-state index is 0.0494. The molecule has 0 radical (unpaired) electrons. The first kappa shape index (κ1) is 7.89. The molecule has 56 valence electrons. The van der Waals surface area contributed by atoms with Crippen molar-refractivity contribution in [3.05, 3.63) is 22.2 Å².